The number of hydrogen-bond acceptors (Lipinski definition) is 3. The average molecular weight is 237 g/mol. The van der Waals surface area contributed by atoms with Crippen LogP contribution in [0, 0.1) is 6.92 Å². The predicted molar refractivity (Wildman–Crippen MR) is 63.8 cm³/mol. The monoisotopic (exact) mass is 237 g/mol. The second kappa shape index (κ2) is 4.87. The van der Waals surface area contributed by atoms with Crippen molar-refractivity contribution in [2.45, 2.75) is 39.3 Å². The predicted octanol–water partition coefficient (Wildman–Crippen LogP) is 0.808. The van der Waals surface area contributed by atoms with Gasteiger partial charge in [0.25, 0.3) is 5.91 Å². The zero-order valence-electron chi connectivity index (χ0n) is 10.4. The number of aliphatic hydroxyl groups is 1. The number of nitrogens with zero attached hydrogens (tertiary/aromatic N) is 3. The van der Waals surface area contributed by atoms with Gasteiger partial charge in [-0.25, -0.2) is 0 Å². The quantitative estimate of drug-likeness (QED) is 0.846. The van der Waals surface area contributed by atoms with E-state index in [4.69, 9.17) is 0 Å². The van der Waals surface area contributed by atoms with Gasteiger partial charge in [-0.1, -0.05) is 0 Å². The molecule has 1 fully saturated rings. The second-order valence-corrected chi connectivity index (χ2v) is 4.46. The second-order valence-electron chi connectivity index (χ2n) is 4.46. The molecule has 2 heterocycles. The van der Waals surface area contributed by atoms with E-state index in [1.165, 1.54) is 0 Å². The molecule has 0 radical (unpaired) electrons. The lowest BCUT2D eigenvalue weighted by molar-refractivity contribution is 0.0665. The van der Waals surface area contributed by atoms with Crippen LogP contribution in [0.25, 0.3) is 0 Å². The van der Waals surface area contributed by atoms with Crippen LogP contribution in [0.5, 0.6) is 0 Å². The Hall–Kier alpha value is -1.36. The van der Waals surface area contributed by atoms with Gasteiger partial charge in [0.1, 0.15) is 5.69 Å². The smallest absolute Gasteiger partial charge is 0.272 e. The molecule has 0 saturated carbocycles. The molecule has 1 aliphatic heterocycles. The summed E-state index contributed by atoms with van der Waals surface area (Å²) in [7, 11) is 0. The first kappa shape index (κ1) is 12.1. The van der Waals surface area contributed by atoms with E-state index in [2.05, 4.69) is 5.10 Å². The molecule has 1 aliphatic rings. The van der Waals surface area contributed by atoms with Crippen molar-refractivity contribution in [1.82, 2.24) is 14.7 Å². The molecule has 0 aliphatic carbocycles. The third kappa shape index (κ3) is 2.20. The highest BCUT2D eigenvalue weighted by molar-refractivity contribution is 5.93. The number of carbonyl (C=O) groups is 1. The van der Waals surface area contributed by atoms with Gasteiger partial charge in [-0.3, -0.25) is 9.48 Å². The van der Waals surface area contributed by atoms with Crippen molar-refractivity contribution in [2.75, 3.05) is 13.2 Å². The lowest BCUT2D eigenvalue weighted by Crippen LogP contribution is -2.38. The van der Waals surface area contributed by atoms with Gasteiger partial charge in [-0.15, -0.1) is 0 Å². The Morgan fingerprint density at radius 1 is 1.65 bits per heavy atom. The fourth-order valence-corrected chi connectivity index (χ4v) is 2.40. The Balaban J connectivity index is 2.24. The molecule has 94 valence electrons. The molecule has 0 spiro atoms. The first-order valence-corrected chi connectivity index (χ1v) is 6.13. The molecule has 1 N–H and O–H groups in total. The van der Waals surface area contributed by atoms with Crippen LogP contribution in [-0.4, -0.2) is 44.9 Å². The van der Waals surface area contributed by atoms with E-state index in [-0.39, 0.29) is 18.6 Å². The van der Waals surface area contributed by atoms with Crippen LogP contribution in [0.2, 0.25) is 0 Å². The fourth-order valence-electron chi connectivity index (χ4n) is 2.40. The maximum atomic E-state index is 12.4. The highest BCUT2D eigenvalue weighted by Crippen LogP contribution is 2.20. The summed E-state index contributed by atoms with van der Waals surface area (Å²) in [6, 6.07) is 1.79. The summed E-state index contributed by atoms with van der Waals surface area (Å²) in [6.07, 6.45) is 1.86. The van der Waals surface area contributed by atoms with Gasteiger partial charge in [0.15, 0.2) is 0 Å². The minimum Gasteiger partial charge on any atom is -0.394 e. The number of aryl methyl sites for hydroxylation is 2. The maximum absolute atomic E-state index is 12.4. The van der Waals surface area contributed by atoms with Crippen LogP contribution in [0.15, 0.2) is 6.07 Å². The molecular formula is C12H19N3O2. The lowest BCUT2D eigenvalue weighted by atomic mass is 10.2. The molecule has 0 aromatic carbocycles. The van der Waals surface area contributed by atoms with Crippen molar-refractivity contribution >= 4 is 5.91 Å². The molecule has 5 nitrogen and oxygen atoms in total. The zero-order chi connectivity index (χ0) is 12.4. The summed E-state index contributed by atoms with van der Waals surface area (Å²) in [5, 5.41) is 13.5. The molecule has 17 heavy (non-hydrogen) atoms. The van der Waals surface area contributed by atoms with E-state index in [9.17, 15) is 9.90 Å². The Morgan fingerprint density at radius 2 is 2.41 bits per heavy atom. The summed E-state index contributed by atoms with van der Waals surface area (Å²) in [5.74, 6) is -0.0102. The van der Waals surface area contributed by atoms with Crippen molar-refractivity contribution in [3.63, 3.8) is 0 Å². The molecular weight excluding hydrogens is 218 g/mol. The summed E-state index contributed by atoms with van der Waals surface area (Å²) in [5.41, 5.74) is 1.49. The first-order valence-electron chi connectivity index (χ1n) is 6.13. The number of rotatable bonds is 3. The van der Waals surface area contributed by atoms with Crippen LogP contribution in [0.4, 0.5) is 0 Å². The van der Waals surface area contributed by atoms with E-state index >= 15 is 0 Å². The van der Waals surface area contributed by atoms with Crippen LogP contribution in [0.3, 0.4) is 0 Å². The van der Waals surface area contributed by atoms with Crippen molar-refractivity contribution in [3.8, 4) is 0 Å². The third-order valence-electron chi connectivity index (χ3n) is 3.27. The third-order valence-corrected chi connectivity index (χ3v) is 3.27. The van der Waals surface area contributed by atoms with E-state index < -0.39 is 0 Å². The SMILES string of the molecule is CCn1nc(C)cc1C(=O)N1CCC[C@@H]1CO. The van der Waals surface area contributed by atoms with Crippen LogP contribution < -0.4 is 0 Å². The van der Waals surface area contributed by atoms with Gasteiger partial charge in [-0.2, -0.15) is 5.10 Å². The number of hydrogen-bond donors (Lipinski definition) is 1. The molecule has 2 rings (SSSR count). The van der Waals surface area contributed by atoms with Gasteiger partial charge in [0.05, 0.1) is 18.3 Å². The standard InChI is InChI=1S/C12H19N3O2/c1-3-15-11(7-9(2)13-15)12(17)14-6-4-5-10(14)8-16/h7,10,16H,3-6,8H2,1-2H3/t10-/m1/s1. The zero-order valence-corrected chi connectivity index (χ0v) is 10.4. The van der Waals surface area contributed by atoms with E-state index in [1.54, 1.807) is 9.58 Å². The molecule has 1 aromatic heterocycles. The van der Waals surface area contributed by atoms with E-state index in [0.717, 1.165) is 25.1 Å². The van der Waals surface area contributed by atoms with E-state index in [1.807, 2.05) is 19.9 Å². The molecule has 5 heteroatoms. The lowest BCUT2D eigenvalue weighted by Gasteiger charge is -2.23. The van der Waals surface area contributed by atoms with Crippen molar-refractivity contribution in [1.29, 1.82) is 0 Å². The maximum Gasteiger partial charge on any atom is 0.272 e. The Bertz CT molecular complexity index is 414. The minimum atomic E-state index is -0.0250. The number of aromatic nitrogens is 2. The van der Waals surface area contributed by atoms with E-state index in [0.29, 0.717) is 12.2 Å². The molecule has 0 unspecified atom stereocenters. The first-order chi connectivity index (χ1) is 8.17. The largest absolute Gasteiger partial charge is 0.394 e. The molecule has 1 aromatic rings. The fraction of sp³-hybridized carbons (Fsp3) is 0.667. The van der Waals surface area contributed by atoms with Gasteiger partial charge in [0.2, 0.25) is 0 Å². The van der Waals surface area contributed by atoms with Crippen molar-refractivity contribution in [2.24, 2.45) is 0 Å². The van der Waals surface area contributed by atoms with Crippen LogP contribution in [0.1, 0.15) is 35.9 Å². The summed E-state index contributed by atoms with van der Waals surface area (Å²) in [4.78, 5) is 14.1. The Labute approximate surface area is 101 Å². The minimum absolute atomic E-state index is 0.0102. The van der Waals surface area contributed by atoms with Crippen LogP contribution in [-0.2, 0) is 6.54 Å². The molecule has 1 atom stereocenters. The molecule has 1 saturated heterocycles. The molecule has 0 bridgehead atoms. The Kier molecular flexibility index (Phi) is 3.47. The number of amides is 1. The van der Waals surface area contributed by atoms with Gasteiger partial charge >= 0.3 is 0 Å². The summed E-state index contributed by atoms with van der Waals surface area (Å²) in [6.45, 7) is 5.32. The number of carbonyl (C=O) groups excluding carboxylic acids is 1. The highest BCUT2D eigenvalue weighted by Gasteiger charge is 2.30. The Morgan fingerprint density at radius 3 is 3.06 bits per heavy atom. The van der Waals surface area contributed by atoms with Crippen molar-refractivity contribution < 1.29 is 9.90 Å². The average Bonchev–Trinajstić information content (AvgIpc) is 2.93. The summed E-state index contributed by atoms with van der Waals surface area (Å²) >= 11 is 0. The van der Waals surface area contributed by atoms with Gasteiger partial charge < -0.3 is 10.0 Å². The number of aliphatic hydroxyl groups excluding tert-OH is 1. The van der Waals surface area contributed by atoms with Crippen molar-refractivity contribution in [3.05, 3.63) is 17.5 Å². The molecule has 1 amide bonds. The topological polar surface area (TPSA) is 58.4 Å². The van der Waals surface area contributed by atoms with Crippen LogP contribution >= 0.6 is 0 Å². The number of likely N-dealkylation sites (tertiary alicyclic amines) is 1. The van der Waals surface area contributed by atoms with Gasteiger partial charge in [-0.05, 0) is 32.8 Å². The summed E-state index contributed by atoms with van der Waals surface area (Å²) < 4.78 is 1.73. The highest BCUT2D eigenvalue weighted by atomic mass is 16.3. The normalized spacial score (nSPS) is 19.9. The van der Waals surface area contributed by atoms with Gasteiger partial charge in [0, 0.05) is 13.1 Å².